The van der Waals surface area contributed by atoms with E-state index in [-0.39, 0.29) is 24.4 Å². The highest BCUT2D eigenvalue weighted by atomic mass is 16.6. The number of carbonyl (C=O) groups excluding carboxylic acids is 2. The lowest BCUT2D eigenvalue weighted by atomic mass is 9.47. The molecule has 0 radical (unpaired) electrons. The Morgan fingerprint density at radius 3 is 2.39 bits per heavy atom. The number of ether oxygens (including phenoxy) is 3. The van der Waals surface area contributed by atoms with E-state index >= 15 is 0 Å². The van der Waals surface area contributed by atoms with Gasteiger partial charge in [-0.1, -0.05) is 65.5 Å². The predicted octanol–water partition coefficient (Wildman–Crippen LogP) is 5.06. The molecule has 2 unspecified atom stereocenters. The summed E-state index contributed by atoms with van der Waals surface area (Å²) in [5, 5.41) is 39.0. The van der Waals surface area contributed by atoms with Gasteiger partial charge in [-0.3, -0.25) is 9.59 Å². The number of esters is 2. The molecule has 3 saturated carbocycles. The third-order valence-electron chi connectivity index (χ3n) is 13.2. The van der Waals surface area contributed by atoms with Crippen molar-refractivity contribution in [2.75, 3.05) is 6.61 Å². The molecule has 1 saturated heterocycles. The van der Waals surface area contributed by atoms with Crippen molar-refractivity contribution in [2.45, 2.75) is 155 Å². The Morgan fingerprint density at radius 1 is 0.913 bits per heavy atom. The normalized spacial score (nSPS) is 42.8. The zero-order valence-electron chi connectivity index (χ0n) is 28.7. The minimum atomic E-state index is -1.70. The van der Waals surface area contributed by atoms with Crippen LogP contribution in [0.5, 0.6) is 0 Å². The van der Waals surface area contributed by atoms with E-state index in [0.717, 1.165) is 55.3 Å². The van der Waals surface area contributed by atoms with Gasteiger partial charge in [-0.15, -0.1) is 0 Å². The highest BCUT2D eigenvalue weighted by molar-refractivity contribution is 5.77. The lowest BCUT2D eigenvalue weighted by molar-refractivity contribution is -0.287. The fourth-order valence-corrected chi connectivity index (χ4v) is 10.5. The van der Waals surface area contributed by atoms with Gasteiger partial charge in [0.1, 0.15) is 37.1 Å². The van der Waals surface area contributed by atoms with E-state index in [9.17, 15) is 30.0 Å². The summed E-state index contributed by atoms with van der Waals surface area (Å²) in [6.45, 7) is 11.9. The number of allylic oxidation sites excluding steroid dienone is 1. The van der Waals surface area contributed by atoms with Crippen LogP contribution in [-0.4, -0.2) is 75.8 Å². The van der Waals surface area contributed by atoms with Gasteiger partial charge in [-0.05, 0) is 91.3 Å². The van der Waals surface area contributed by atoms with Crippen molar-refractivity contribution in [1.82, 2.24) is 0 Å². The topological polar surface area (TPSA) is 143 Å². The molecule has 0 amide bonds. The van der Waals surface area contributed by atoms with Crippen molar-refractivity contribution in [3.05, 3.63) is 11.6 Å². The smallest absolute Gasteiger partial charge is 0.306 e. The van der Waals surface area contributed by atoms with Gasteiger partial charge in [0.05, 0.1) is 12.8 Å². The maximum atomic E-state index is 12.7. The van der Waals surface area contributed by atoms with Crippen molar-refractivity contribution in [2.24, 2.45) is 46.3 Å². The summed E-state index contributed by atoms with van der Waals surface area (Å²) in [6, 6.07) is 0. The number of hydrogen-bond acceptors (Lipinski definition) is 9. The number of aliphatic hydroxyl groups excluding tert-OH is 4. The third kappa shape index (κ3) is 7.24. The van der Waals surface area contributed by atoms with Gasteiger partial charge in [0, 0.05) is 6.42 Å². The highest BCUT2D eigenvalue weighted by Crippen LogP contribution is 2.67. The minimum absolute atomic E-state index is 0.119. The Hall–Kier alpha value is -1.52. The second-order valence-corrected chi connectivity index (χ2v) is 16.4. The molecular formula is C37H60O9. The molecule has 4 N–H and O–H groups in total. The monoisotopic (exact) mass is 648 g/mol. The quantitative estimate of drug-likeness (QED) is 0.179. The highest BCUT2D eigenvalue weighted by Gasteiger charge is 2.59. The Morgan fingerprint density at radius 2 is 1.65 bits per heavy atom. The largest absolute Gasteiger partial charge is 0.463 e. The van der Waals surface area contributed by atoms with Crippen molar-refractivity contribution < 1.29 is 44.2 Å². The van der Waals surface area contributed by atoms with Crippen LogP contribution in [0.25, 0.3) is 0 Å². The van der Waals surface area contributed by atoms with Crippen LogP contribution in [0.4, 0.5) is 0 Å². The summed E-state index contributed by atoms with van der Waals surface area (Å²) >= 11 is 0. The molecule has 9 heteroatoms. The van der Waals surface area contributed by atoms with Crippen molar-refractivity contribution in [3.8, 4) is 0 Å². The summed E-state index contributed by atoms with van der Waals surface area (Å²) < 4.78 is 16.0. The summed E-state index contributed by atoms with van der Waals surface area (Å²) in [4.78, 5) is 25.0. The van der Waals surface area contributed by atoms with Crippen LogP contribution in [-0.2, 0) is 23.8 Å². The fraction of sp³-hybridized carbons (Fsp3) is 0.892. The van der Waals surface area contributed by atoms with Gasteiger partial charge in [-0.2, -0.15) is 0 Å². The first-order valence-electron chi connectivity index (χ1n) is 18.2. The van der Waals surface area contributed by atoms with E-state index in [1.54, 1.807) is 0 Å². The zero-order chi connectivity index (χ0) is 33.4. The van der Waals surface area contributed by atoms with Crippen LogP contribution in [0.3, 0.4) is 0 Å². The maximum absolute atomic E-state index is 12.7. The van der Waals surface area contributed by atoms with Crippen LogP contribution >= 0.6 is 0 Å². The summed E-state index contributed by atoms with van der Waals surface area (Å²) in [5.41, 5.74) is 2.08. The number of carbonyl (C=O) groups is 2. The first-order chi connectivity index (χ1) is 21.7. The molecule has 0 bridgehead atoms. The van der Waals surface area contributed by atoms with Crippen LogP contribution < -0.4 is 0 Å². The SMILES string of the molecule is CC(C)CCCC(C)[C@H]1CC[C@H]2[C@@H]3CC=C4C[C@@H](OC(=O)CCC(=O)OC[C@H]5OC(O)[C@H](O)[C@@H](O)[C@@H]5O)CC[C@]4(C)[C@H]3CC[C@]12C. The zero-order valence-corrected chi connectivity index (χ0v) is 28.7. The first kappa shape index (κ1) is 35.8. The molecule has 13 atom stereocenters. The molecule has 1 heterocycles. The Labute approximate surface area is 275 Å². The van der Waals surface area contributed by atoms with Crippen molar-refractivity contribution >= 4 is 11.9 Å². The molecule has 5 rings (SSSR count). The predicted molar refractivity (Wildman–Crippen MR) is 172 cm³/mol. The second-order valence-electron chi connectivity index (χ2n) is 16.4. The summed E-state index contributed by atoms with van der Waals surface area (Å²) in [6.07, 6.45) is 7.51. The number of hydrogen-bond donors (Lipinski definition) is 4. The Kier molecular flexibility index (Phi) is 11.3. The van der Waals surface area contributed by atoms with Gasteiger partial charge in [0.25, 0.3) is 0 Å². The average molecular weight is 649 g/mol. The molecule has 5 aliphatic rings. The van der Waals surface area contributed by atoms with E-state index in [1.165, 1.54) is 50.5 Å². The Bertz CT molecular complexity index is 1110. The summed E-state index contributed by atoms with van der Waals surface area (Å²) in [5.74, 6) is 3.59. The third-order valence-corrected chi connectivity index (χ3v) is 13.2. The van der Waals surface area contributed by atoms with Crippen LogP contribution in [0, 0.1) is 46.3 Å². The molecule has 4 aliphatic carbocycles. The summed E-state index contributed by atoms with van der Waals surface area (Å²) in [7, 11) is 0. The van der Waals surface area contributed by atoms with Crippen LogP contribution in [0.2, 0.25) is 0 Å². The van der Waals surface area contributed by atoms with Gasteiger partial charge < -0.3 is 34.6 Å². The van der Waals surface area contributed by atoms with E-state index in [2.05, 4.69) is 40.7 Å². The number of aliphatic hydroxyl groups is 4. The van der Waals surface area contributed by atoms with Gasteiger partial charge in [-0.25, -0.2) is 0 Å². The van der Waals surface area contributed by atoms with Crippen molar-refractivity contribution in [1.29, 1.82) is 0 Å². The van der Waals surface area contributed by atoms with E-state index in [4.69, 9.17) is 14.2 Å². The first-order valence-corrected chi connectivity index (χ1v) is 18.2. The maximum Gasteiger partial charge on any atom is 0.306 e. The van der Waals surface area contributed by atoms with Crippen LogP contribution in [0.15, 0.2) is 11.6 Å². The molecule has 46 heavy (non-hydrogen) atoms. The molecule has 262 valence electrons. The van der Waals surface area contributed by atoms with E-state index in [0.29, 0.717) is 11.3 Å². The lowest BCUT2D eigenvalue weighted by Crippen LogP contribution is -2.58. The average Bonchev–Trinajstić information content (AvgIpc) is 3.37. The molecule has 9 nitrogen and oxygen atoms in total. The van der Waals surface area contributed by atoms with Gasteiger partial charge in [0.2, 0.25) is 0 Å². The molecule has 0 aromatic carbocycles. The minimum Gasteiger partial charge on any atom is -0.463 e. The standard InChI is InChI=1S/C37H60O9/c1-21(2)7-6-8-22(3)26-11-12-27-25-10-9-23-19-24(15-17-36(23,4)28(25)16-18-37(26,27)5)45-31(39)14-13-30(38)44-20-29-32(40)33(41)34(42)35(43)46-29/h9,21-22,24-29,32-35,40-43H,6-8,10-20H2,1-5H3/t22?,24-,25-,26+,27-,28-,29+,32+,33-,34+,35?,36-,37+/m0/s1. The van der Waals surface area contributed by atoms with Crippen molar-refractivity contribution in [3.63, 3.8) is 0 Å². The van der Waals surface area contributed by atoms with E-state index in [1.807, 2.05) is 0 Å². The molecule has 1 aliphatic heterocycles. The second kappa shape index (κ2) is 14.5. The molecule has 4 fully saturated rings. The molecule has 0 aromatic heterocycles. The number of fused-ring (bicyclic) bond motifs is 5. The van der Waals surface area contributed by atoms with Gasteiger partial charge in [0.15, 0.2) is 6.29 Å². The van der Waals surface area contributed by atoms with E-state index < -0.39 is 49.3 Å². The molecular weight excluding hydrogens is 588 g/mol. The fourth-order valence-electron chi connectivity index (χ4n) is 10.5. The number of rotatable bonds is 11. The molecule has 0 aromatic rings. The molecule has 0 spiro atoms. The lowest BCUT2D eigenvalue weighted by Gasteiger charge is -2.58. The van der Waals surface area contributed by atoms with Gasteiger partial charge >= 0.3 is 11.9 Å². The Balaban J connectivity index is 1.09. The van der Waals surface area contributed by atoms with Crippen LogP contribution in [0.1, 0.15) is 118 Å².